The van der Waals surface area contributed by atoms with Crippen LogP contribution in [0.25, 0.3) is 0 Å². The summed E-state index contributed by atoms with van der Waals surface area (Å²) in [4.78, 5) is 12.1. The largest absolute Gasteiger partial charge is 0.435 e. The zero-order chi connectivity index (χ0) is 15.4. The number of aryl methyl sites for hydroxylation is 1. The van der Waals surface area contributed by atoms with E-state index >= 15 is 0 Å². The van der Waals surface area contributed by atoms with Crippen LogP contribution < -0.4 is 10.1 Å². The number of amides is 1. The maximum Gasteiger partial charge on any atom is 0.387 e. The highest BCUT2D eigenvalue weighted by atomic mass is 19.3. The van der Waals surface area contributed by atoms with Crippen LogP contribution in [0.4, 0.5) is 14.7 Å². The van der Waals surface area contributed by atoms with Crippen molar-refractivity contribution >= 4 is 11.8 Å². The van der Waals surface area contributed by atoms with Crippen molar-refractivity contribution in [1.29, 1.82) is 0 Å². The molecule has 0 atom stereocenters. The van der Waals surface area contributed by atoms with Crippen molar-refractivity contribution in [2.24, 2.45) is 0 Å². The van der Waals surface area contributed by atoms with E-state index in [1.807, 2.05) is 6.92 Å². The lowest BCUT2D eigenvalue weighted by Crippen LogP contribution is -2.13. The third-order valence-electron chi connectivity index (χ3n) is 2.89. The summed E-state index contributed by atoms with van der Waals surface area (Å²) in [6.45, 7) is 0.744. The second-order valence-corrected chi connectivity index (χ2v) is 4.29. The Kier molecular flexibility index (Phi) is 4.52. The van der Waals surface area contributed by atoms with Crippen LogP contribution in [-0.4, -0.2) is 17.7 Å². The predicted octanol–water partition coefficient (Wildman–Crippen LogP) is 3.40. The summed E-state index contributed by atoms with van der Waals surface area (Å²) in [5, 5.41) is 6.35. The Bertz CT molecular complexity index is 641. The SMILES string of the molecule is CCc1c(C)noc1NC(=O)c1cccc(OC(F)F)c1. The number of rotatable bonds is 5. The Labute approximate surface area is 119 Å². The van der Waals surface area contributed by atoms with E-state index in [1.54, 1.807) is 6.92 Å². The van der Waals surface area contributed by atoms with Gasteiger partial charge in [0.25, 0.3) is 5.91 Å². The first-order valence-electron chi connectivity index (χ1n) is 6.32. The monoisotopic (exact) mass is 296 g/mol. The lowest BCUT2D eigenvalue weighted by molar-refractivity contribution is -0.0498. The fourth-order valence-corrected chi connectivity index (χ4v) is 1.89. The Balaban J connectivity index is 2.16. The maximum absolute atomic E-state index is 12.2. The van der Waals surface area contributed by atoms with Gasteiger partial charge in [0.15, 0.2) is 0 Å². The summed E-state index contributed by atoms with van der Waals surface area (Å²) in [7, 11) is 0. The van der Waals surface area contributed by atoms with Crippen LogP contribution in [0.3, 0.4) is 0 Å². The number of ether oxygens (including phenoxy) is 1. The molecule has 2 aromatic rings. The Hall–Kier alpha value is -2.44. The average molecular weight is 296 g/mol. The number of hydrogen-bond acceptors (Lipinski definition) is 4. The standard InChI is InChI=1S/C14H14F2N2O3/c1-3-11-8(2)18-21-13(11)17-12(19)9-5-4-6-10(7-9)20-14(15)16/h4-7,14H,3H2,1-2H3,(H,17,19). The molecule has 0 radical (unpaired) electrons. The van der Waals surface area contributed by atoms with Crippen molar-refractivity contribution in [1.82, 2.24) is 5.16 Å². The fourth-order valence-electron chi connectivity index (χ4n) is 1.89. The van der Waals surface area contributed by atoms with E-state index in [0.717, 1.165) is 5.56 Å². The third kappa shape index (κ3) is 3.56. The Morgan fingerprint density at radius 3 is 2.90 bits per heavy atom. The van der Waals surface area contributed by atoms with Crippen LogP contribution in [-0.2, 0) is 6.42 Å². The number of carbonyl (C=O) groups is 1. The van der Waals surface area contributed by atoms with Gasteiger partial charge >= 0.3 is 6.61 Å². The van der Waals surface area contributed by atoms with E-state index in [9.17, 15) is 13.6 Å². The van der Waals surface area contributed by atoms with Gasteiger partial charge < -0.3 is 9.26 Å². The van der Waals surface area contributed by atoms with Crippen LogP contribution in [0.1, 0.15) is 28.5 Å². The second kappa shape index (κ2) is 6.34. The molecule has 0 bridgehead atoms. The van der Waals surface area contributed by atoms with E-state index in [1.165, 1.54) is 24.3 Å². The molecule has 0 saturated carbocycles. The highest BCUT2D eigenvalue weighted by Crippen LogP contribution is 2.21. The van der Waals surface area contributed by atoms with Gasteiger partial charge in [-0.15, -0.1) is 0 Å². The van der Waals surface area contributed by atoms with Gasteiger partial charge in [0.05, 0.1) is 5.69 Å². The van der Waals surface area contributed by atoms with Crippen LogP contribution in [0.2, 0.25) is 0 Å². The van der Waals surface area contributed by atoms with Gasteiger partial charge in [-0.05, 0) is 31.5 Å². The lowest BCUT2D eigenvalue weighted by Gasteiger charge is -2.07. The second-order valence-electron chi connectivity index (χ2n) is 4.29. The van der Waals surface area contributed by atoms with E-state index < -0.39 is 12.5 Å². The molecule has 0 aliphatic rings. The highest BCUT2D eigenvalue weighted by Gasteiger charge is 2.16. The Morgan fingerprint density at radius 1 is 1.48 bits per heavy atom. The number of nitrogens with zero attached hydrogens (tertiary/aromatic N) is 1. The molecule has 0 aliphatic carbocycles. The van der Waals surface area contributed by atoms with E-state index in [-0.39, 0.29) is 17.2 Å². The molecule has 1 aromatic carbocycles. The molecule has 1 N–H and O–H groups in total. The van der Waals surface area contributed by atoms with Gasteiger partial charge in [-0.25, -0.2) is 0 Å². The predicted molar refractivity (Wildman–Crippen MR) is 71.6 cm³/mol. The fraction of sp³-hybridized carbons (Fsp3) is 0.286. The number of hydrogen-bond donors (Lipinski definition) is 1. The molecule has 0 fully saturated rings. The van der Waals surface area contributed by atoms with E-state index in [4.69, 9.17) is 4.52 Å². The molecule has 0 spiro atoms. The molecule has 1 aromatic heterocycles. The molecule has 7 heteroatoms. The van der Waals surface area contributed by atoms with Gasteiger partial charge in [0, 0.05) is 11.1 Å². The number of halogens is 2. The number of aromatic nitrogens is 1. The van der Waals surface area contributed by atoms with Crippen molar-refractivity contribution in [3.8, 4) is 5.75 Å². The first-order chi connectivity index (χ1) is 10.0. The van der Waals surface area contributed by atoms with Gasteiger partial charge in [-0.3, -0.25) is 10.1 Å². The van der Waals surface area contributed by atoms with E-state index in [2.05, 4.69) is 15.2 Å². The van der Waals surface area contributed by atoms with Crippen LogP contribution in [0, 0.1) is 6.92 Å². The van der Waals surface area contributed by atoms with Gasteiger partial charge in [0.1, 0.15) is 5.75 Å². The molecule has 0 saturated heterocycles. The molecule has 1 amide bonds. The molecule has 1 heterocycles. The minimum absolute atomic E-state index is 0.0814. The topological polar surface area (TPSA) is 64.4 Å². The summed E-state index contributed by atoms with van der Waals surface area (Å²) in [6, 6.07) is 5.52. The van der Waals surface area contributed by atoms with Crippen molar-refractivity contribution in [3.63, 3.8) is 0 Å². The van der Waals surface area contributed by atoms with Crippen LogP contribution in [0.5, 0.6) is 5.75 Å². The lowest BCUT2D eigenvalue weighted by atomic mass is 10.1. The normalized spacial score (nSPS) is 10.7. The van der Waals surface area contributed by atoms with Crippen molar-refractivity contribution in [2.45, 2.75) is 26.9 Å². The van der Waals surface area contributed by atoms with Gasteiger partial charge in [-0.1, -0.05) is 18.1 Å². The molecular formula is C14H14F2N2O3. The smallest absolute Gasteiger partial charge is 0.387 e. The quantitative estimate of drug-likeness (QED) is 0.918. The summed E-state index contributed by atoms with van der Waals surface area (Å²) in [5.41, 5.74) is 1.68. The van der Waals surface area contributed by atoms with E-state index in [0.29, 0.717) is 12.1 Å². The summed E-state index contributed by atoms with van der Waals surface area (Å²) < 4.78 is 33.6. The van der Waals surface area contributed by atoms with Gasteiger partial charge in [-0.2, -0.15) is 8.78 Å². The molecule has 0 aliphatic heterocycles. The van der Waals surface area contributed by atoms with Crippen LogP contribution >= 0.6 is 0 Å². The minimum Gasteiger partial charge on any atom is -0.435 e. The average Bonchev–Trinajstić information content (AvgIpc) is 2.78. The van der Waals surface area contributed by atoms with Crippen molar-refractivity contribution in [3.05, 3.63) is 41.1 Å². The molecule has 0 unspecified atom stereocenters. The maximum atomic E-state index is 12.2. The number of anilines is 1. The molecule has 5 nitrogen and oxygen atoms in total. The first kappa shape index (κ1) is 15.0. The zero-order valence-electron chi connectivity index (χ0n) is 11.5. The highest BCUT2D eigenvalue weighted by molar-refractivity contribution is 6.04. The molecule has 112 valence electrons. The third-order valence-corrected chi connectivity index (χ3v) is 2.89. The minimum atomic E-state index is -2.94. The molecule has 2 rings (SSSR count). The van der Waals surface area contributed by atoms with Crippen molar-refractivity contribution < 1.29 is 22.8 Å². The molecule has 21 heavy (non-hydrogen) atoms. The molecular weight excluding hydrogens is 282 g/mol. The van der Waals surface area contributed by atoms with Crippen LogP contribution in [0.15, 0.2) is 28.8 Å². The van der Waals surface area contributed by atoms with Gasteiger partial charge in [0.2, 0.25) is 5.88 Å². The summed E-state index contributed by atoms with van der Waals surface area (Å²) in [6.07, 6.45) is 0.652. The zero-order valence-corrected chi connectivity index (χ0v) is 11.5. The number of alkyl halides is 2. The number of benzene rings is 1. The van der Waals surface area contributed by atoms with Crippen molar-refractivity contribution in [2.75, 3.05) is 5.32 Å². The summed E-state index contributed by atoms with van der Waals surface area (Å²) in [5.74, 6) is -0.303. The summed E-state index contributed by atoms with van der Waals surface area (Å²) >= 11 is 0. The first-order valence-corrected chi connectivity index (χ1v) is 6.32. The number of carbonyl (C=O) groups excluding carboxylic acids is 1. The number of nitrogens with one attached hydrogen (secondary N) is 1. The Morgan fingerprint density at radius 2 is 2.24 bits per heavy atom.